The number of nitro benzene ring substituents is 1. The summed E-state index contributed by atoms with van der Waals surface area (Å²) >= 11 is 0. The van der Waals surface area contributed by atoms with Gasteiger partial charge in [0.05, 0.1) is 27.1 Å². The van der Waals surface area contributed by atoms with Crippen molar-refractivity contribution >= 4 is 49.8 Å². The topological polar surface area (TPSA) is 146 Å². The quantitative estimate of drug-likeness (QED) is 0.232. The van der Waals surface area contributed by atoms with Crippen molar-refractivity contribution in [1.82, 2.24) is 14.6 Å². The van der Waals surface area contributed by atoms with Crippen molar-refractivity contribution in [3.8, 4) is 0 Å². The SMILES string of the molecule is Nc1c(S(=O)(=O)c2ccccc2)c2nc3ccccc3nc2n1/N=C/c1cccc([N+](=O)[O-])c1. The molecule has 0 saturated carbocycles. The number of benzene rings is 3. The van der Waals surface area contributed by atoms with Gasteiger partial charge in [-0.25, -0.2) is 18.4 Å². The molecule has 0 aliphatic rings. The van der Waals surface area contributed by atoms with Crippen molar-refractivity contribution in [1.29, 1.82) is 0 Å². The van der Waals surface area contributed by atoms with E-state index in [2.05, 4.69) is 15.1 Å². The standard InChI is InChI=1S/C23H16N6O4S/c24-22-21(34(32,33)17-9-2-1-3-10-17)20-23(27-19-12-5-4-11-18(19)26-20)28(22)25-14-15-7-6-8-16(13-15)29(30)31/h1-14H,24H2/b25-14+. The zero-order valence-electron chi connectivity index (χ0n) is 17.4. The molecule has 0 atom stereocenters. The molecule has 168 valence electrons. The molecule has 0 aliphatic heterocycles. The molecule has 3 aromatic carbocycles. The summed E-state index contributed by atoms with van der Waals surface area (Å²) in [6.07, 6.45) is 1.35. The van der Waals surface area contributed by atoms with Gasteiger partial charge in [-0.15, -0.1) is 0 Å². The van der Waals surface area contributed by atoms with Crippen LogP contribution in [-0.2, 0) is 9.84 Å². The minimum atomic E-state index is -4.06. The van der Waals surface area contributed by atoms with E-state index in [0.29, 0.717) is 16.6 Å². The van der Waals surface area contributed by atoms with Crippen molar-refractivity contribution in [3.63, 3.8) is 0 Å². The molecule has 0 radical (unpaired) electrons. The van der Waals surface area contributed by atoms with E-state index in [-0.39, 0.29) is 32.5 Å². The number of fused-ring (bicyclic) bond motifs is 2. The number of non-ortho nitro benzene ring substituents is 1. The number of rotatable bonds is 5. The van der Waals surface area contributed by atoms with E-state index in [1.807, 2.05) is 0 Å². The Morgan fingerprint density at radius 3 is 2.32 bits per heavy atom. The van der Waals surface area contributed by atoms with Crippen LogP contribution in [-0.4, -0.2) is 34.2 Å². The highest BCUT2D eigenvalue weighted by atomic mass is 32.2. The van der Waals surface area contributed by atoms with Gasteiger partial charge < -0.3 is 5.73 Å². The highest BCUT2D eigenvalue weighted by Crippen LogP contribution is 2.35. The molecule has 0 unspecified atom stereocenters. The first-order valence-electron chi connectivity index (χ1n) is 10.0. The third-order valence-electron chi connectivity index (χ3n) is 5.15. The van der Waals surface area contributed by atoms with Crippen LogP contribution in [0.15, 0.2) is 93.8 Å². The fourth-order valence-electron chi connectivity index (χ4n) is 3.56. The third kappa shape index (κ3) is 3.53. The van der Waals surface area contributed by atoms with Crippen LogP contribution in [0.25, 0.3) is 22.2 Å². The molecular formula is C23H16N6O4S. The molecule has 5 rings (SSSR count). The van der Waals surface area contributed by atoms with Crippen molar-refractivity contribution in [2.75, 3.05) is 5.73 Å². The number of nitrogens with two attached hydrogens (primary N) is 1. The Hall–Kier alpha value is -4.64. The predicted octanol–water partition coefficient (Wildman–Crippen LogP) is 3.79. The van der Waals surface area contributed by atoms with Crippen LogP contribution in [0, 0.1) is 10.1 Å². The van der Waals surface area contributed by atoms with E-state index < -0.39 is 14.8 Å². The monoisotopic (exact) mass is 472 g/mol. The third-order valence-corrected chi connectivity index (χ3v) is 6.99. The molecular weight excluding hydrogens is 456 g/mol. The fraction of sp³-hybridized carbons (Fsp3) is 0. The lowest BCUT2D eigenvalue weighted by Gasteiger charge is -2.04. The molecule has 5 aromatic rings. The van der Waals surface area contributed by atoms with Crippen LogP contribution in [0.2, 0.25) is 0 Å². The lowest BCUT2D eigenvalue weighted by atomic mass is 10.2. The first kappa shape index (κ1) is 21.2. The number of hydrogen-bond donors (Lipinski definition) is 1. The summed E-state index contributed by atoms with van der Waals surface area (Å²) < 4.78 is 28.2. The van der Waals surface area contributed by atoms with Crippen molar-refractivity contribution < 1.29 is 13.3 Å². The van der Waals surface area contributed by atoms with E-state index >= 15 is 0 Å². The maximum atomic E-state index is 13.5. The van der Waals surface area contributed by atoms with Crippen LogP contribution >= 0.6 is 0 Å². The number of anilines is 1. The molecule has 10 nitrogen and oxygen atoms in total. The summed E-state index contributed by atoms with van der Waals surface area (Å²) in [4.78, 5) is 19.5. The van der Waals surface area contributed by atoms with E-state index in [0.717, 1.165) is 0 Å². The Morgan fingerprint density at radius 1 is 0.941 bits per heavy atom. The summed E-state index contributed by atoms with van der Waals surface area (Å²) in [5, 5.41) is 15.4. The minimum Gasteiger partial charge on any atom is -0.382 e. The smallest absolute Gasteiger partial charge is 0.270 e. The average molecular weight is 472 g/mol. The Morgan fingerprint density at radius 2 is 1.62 bits per heavy atom. The van der Waals surface area contributed by atoms with Gasteiger partial charge in [-0.1, -0.05) is 42.5 Å². The fourth-order valence-corrected chi connectivity index (χ4v) is 5.07. The number of nitro groups is 1. The van der Waals surface area contributed by atoms with Gasteiger partial charge in [-0.05, 0) is 24.3 Å². The van der Waals surface area contributed by atoms with Gasteiger partial charge in [0.25, 0.3) is 5.69 Å². The minimum absolute atomic E-state index is 0.0540. The number of aromatic nitrogens is 3. The van der Waals surface area contributed by atoms with Crippen molar-refractivity contribution in [3.05, 3.63) is 94.5 Å². The van der Waals surface area contributed by atoms with Crippen LogP contribution < -0.4 is 5.73 Å². The molecule has 34 heavy (non-hydrogen) atoms. The van der Waals surface area contributed by atoms with Gasteiger partial charge in [0, 0.05) is 17.7 Å². The number of hydrogen-bond acceptors (Lipinski definition) is 8. The van der Waals surface area contributed by atoms with E-state index in [1.165, 1.54) is 41.2 Å². The second-order valence-corrected chi connectivity index (χ2v) is 9.21. The highest BCUT2D eigenvalue weighted by molar-refractivity contribution is 7.92. The lowest BCUT2D eigenvalue weighted by Crippen LogP contribution is -2.06. The van der Waals surface area contributed by atoms with Crippen LogP contribution in [0.1, 0.15) is 5.56 Å². The largest absolute Gasteiger partial charge is 0.382 e. The zero-order valence-corrected chi connectivity index (χ0v) is 18.3. The maximum Gasteiger partial charge on any atom is 0.270 e. The zero-order chi connectivity index (χ0) is 23.9. The van der Waals surface area contributed by atoms with Gasteiger partial charge in [0.1, 0.15) is 16.2 Å². The summed E-state index contributed by atoms with van der Waals surface area (Å²) in [6, 6.07) is 20.8. The average Bonchev–Trinajstić information content (AvgIpc) is 3.12. The van der Waals surface area contributed by atoms with E-state index in [4.69, 9.17) is 5.73 Å². The summed E-state index contributed by atoms with van der Waals surface area (Å²) in [5.41, 5.74) is 7.91. The molecule has 0 amide bonds. The van der Waals surface area contributed by atoms with Gasteiger partial charge >= 0.3 is 0 Å². The summed E-state index contributed by atoms with van der Waals surface area (Å²) in [6.45, 7) is 0. The molecule has 2 N–H and O–H groups in total. The first-order valence-corrected chi connectivity index (χ1v) is 11.5. The van der Waals surface area contributed by atoms with Crippen LogP contribution in [0.4, 0.5) is 11.5 Å². The van der Waals surface area contributed by atoms with E-state index in [1.54, 1.807) is 48.5 Å². The molecule has 2 aromatic heterocycles. The normalized spacial score (nSPS) is 12.0. The van der Waals surface area contributed by atoms with Crippen LogP contribution in [0.3, 0.4) is 0 Å². The number of para-hydroxylation sites is 2. The van der Waals surface area contributed by atoms with E-state index in [9.17, 15) is 18.5 Å². The Kier molecular flexibility index (Phi) is 5.02. The molecule has 0 spiro atoms. The second-order valence-electron chi connectivity index (χ2n) is 7.32. The highest BCUT2D eigenvalue weighted by Gasteiger charge is 2.30. The second kappa shape index (κ2) is 8.05. The van der Waals surface area contributed by atoms with Gasteiger partial charge in [0.15, 0.2) is 5.65 Å². The molecule has 0 bridgehead atoms. The molecule has 0 saturated heterocycles. The summed E-state index contributed by atoms with van der Waals surface area (Å²) in [7, 11) is -4.06. The predicted molar refractivity (Wildman–Crippen MR) is 127 cm³/mol. The lowest BCUT2D eigenvalue weighted by molar-refractivity contribution is -0.384. The van der Waals surface area contributed by atoms with Crippen LogP contribution in [0.5, 0.6) is 0 Å². The molecule has 11 heteroatoms. The number of sulfone groups is 1. The Labute approximate surface area is 193 Å². The number of nitrogens with zero attached hydrogens (tertiary/aromatic N) is 5. The summed E-state index contributed by atoms with van der Waals surface area (Å²) in [5.74, 6) is -0.171. The van der Waals surface area contributed by atoms with Crippen molar-refractivity contribution in [2.45, 2.75) is 9.79 Å². The molecule has 2 heterocycles. The van der Waals surface area contributed by atoms with Gasteiger partial charge in [-0.2, -0.15) is 9.78 Å². The Balaban J connectivity index is 1.77. The Bertz CT molecular complexity index is 1710. The number of nitrogen functional groups attached to an aromatic ring is 1. The maximum absolute atomic E-state index is 13.5. The molecule has 0 aliphatic carbocycles. The first-order chi connectivity index (χ1) is 16.4. The molecule has 0 fully saturated rings. The van der Waals surface area contributed by atoms with Gasteiger partial charge in [-0.3, -0.25) is 10.1 Å². The van der Waals surface area contributed by atoms with Crippen molar-refractivity contribution in [2.24, 2.45) is 5.10 Å². The van der Waals surface area contributed by atoms with Gasteiger partial charge in [0.2, 0.25) is 9.84 Å².